The third-order valence-corrected chi connectivity index (χ3v) is 11.8. The Morgan fingerprint density at radius 3 is 0.845 bits per heavy atom. The summed E-state index contributed by atoms with van der Waals surface area (Å²) in [6, 6.07) is 84.6. The van der Waals surface area contributed by atoms with Crippen LogP contribution in [0.2, 0.25) is 0 Å². The van der Waals surface area contributed by atoms with Crippen LogP contribution in [0.25, 0.3) is 110 Å². The van der Waals surface area contributed by atoms with E-state index in [1.54, 1.807) is 0 Å². The number of hydrogen-bond acceptors (Lipinski definition) is 0. The van der Waals surface area contributed by atoms with E-state index >= 15 is 0 Å². The number of hydrogen-bond donors (Lipinski definition) is 0. The molecule has 0 spiro atoms. The average molecular weight is 735 g/mol. The summed E-state index contributed by atoms with van der Waals surface area (Å²) in [4.78, 5) is 0. The molecule has 0 aromatic heterocycles. The molecule has 0 radical (unpaired) electrons. The average Bonchev–Trinajstić information content (AvgIpc) is 3.30. The quantitative estimate of drug-likeness (QED) is 0.149. The lowest BCUT2D eigenvalue weighted by molar-refractivity contribution is 1.60. The Morgan fingerprint density at radius 1 is 0.172 bits per heavy atom. The molecule has 0 atom stereocenters. The molecule has 0 fully saturated rings. The Kier molecular flexibility index (Phi) is 8.26. The maximum atomic E-state index is 2.41. The van der Waals surface area contributed by atoms with Crippen molar-refractivity contribution in [1.29, 1.82) is 0 Å². The van der Waals surface area contributed by atoms with Gasteiger partial charge in [-0.15, -0.1) is 0 Å². The van der Waals surface area contributed by atoms with Crippen LogP contribution in [0, 0.1) is 0 Å². The second-order valence-corrected chi connectivity index (χ2v) is 15.2. The summed E-state index contributed by atoms with van der Waals surface area (Å²) in [6.45, 7) is 0. The molecule has 0 aliphatic carbocycles. The third kappa shape index (κ3) is 5.69. The summed E-state index contributed by atoms with van der Waals surface area (Å²) >= 11 is 0. The van der Waals surface area contributed by atoms with Crippen molar-refractivity contribution in [2.24, 2.45) is 0 Å². The Labute approximate surface area is 339 Å². The second kappa shape index (κ2) is 14.2. The second-order valence-electron chi connectivity index (χ2n) is 15.2. The highest BCUT2D eigenvalue weighted by atomic mass is 14.2. The lowest BCUT2D eigenvalue weighted by atomic mass is 9.83. The molecule has 11 aromatic carbocycles. The van der Waals surface area contributed by atoms with Crippen molar-refractivity contribution in [2.45, 2.75) is 0 Å². The molecule has 0 nitrogen and oxygen atoms in total. The van der Waals surface area contributed by atoms with Crippen LogP contribution in [-0.2, 0) is 0 Å². The molecule has 0 heteroatoms. The Hall–Kier alpha value is -7.54. The van der Waals surface area contributed by atoms with Crippen molar-refractivity contribution in [3.8, 4) is 66.8 Å². The number of fused-ring (bicyclic) bond motifs is 4. The van der Waals surface area contributed by atoms with Gasteiger partial charge >= 0.3 is 0 Å². The van der Waals surface area contributed by atoms with Gasteiger partial charge in [0.05, 0.1) is 0 Å². The summed E-state index contributed by atoms with van der Waals surface area (Å²) < 4.78 is 0. The van der Waals surface area contributed by atoms with Crippen LogP contribution in [0.1, 0.15) is 0 Å². The molecule has 0 saturated heterocycles. The minimum atomic E-state index is 1.21. The van der Waals surface area contributed by atoms with E-state index in [-0.39, 0.29) is 0 Å². The molecule has 11 rings (SSSR count). The van der Waals surface area contributed by atoms with E-state index in [4.69, 9.17) is 0 Å². The minimum Gasteiger partial charge on any atom is -0.0622 e. The van der Waals surface area contributed by atoms with Gasteiger partial charge in [-0.25, -0.2) is 0 Å². The van der Waals surface area contributed by atoms with Gasteiger partial charge in [0.25, 0.3) is 0 Å². The minimum absolute atomic E-state index is 1.21. The molecule has 270 valence electrons. The molecule has 58 heavy (non-hydrogen) atoms. The highest BCUT2D eigenvalue weighted by Crippen LogP contribution is 2.47. The normalized spacial score (nSPS) is 11.4. The van der Waals surface area contributed by atoms with Gasteiger partial charge in [-0.2, -0.15) is 0 Å². The van der Waals surface area contributed by atoms with Crippen molar-refractivity contribution in [3.63, 3.8) is 0 Å². The predicted octanol–water partition coefficient (Wildman–Crippen LogP) is 16.3. The van der Waals surface area contributed by atoms with E-state index in [0.29, 0.717) is 0 Å². The molecular formula is C58H38. The Morgan fingerprint density at radius 2 is 0.466 bits per heavy atom. The lowest BCUT2D eigenvalue weighted by Crippen LogP contribution is -1.93. The number of rotatable bonds is 6. The molecule has 11 aromatic rings. The van der Waals surface area contributed by atoms with Crippen molar-refractivity contribution < 1.29 is 0 Å². The number of benzene rings is 11. The maximum Gasteiger partial charge on any atom is -0.00262 e. The fourth-order valence-electron chi connectivity index (χ4n) is 9.29. The topological polar surface area (TPSA) is 0 Å². The van der Waals surface area contributed by atoms with Crippen LogP contribution in [-0.4, -0.2) is 0 Å². The largest absolute Gasteiger partial charge is 0.0622 e. The molecular weight excluding hydrogens is 697 g/mol. The van der Waals surface area contributed by atoms with Crippen molar-refractivity contribution in [3.05, 3.63) is 231 Å². The molecule has 0 N–H and O–H groups in total. The zero-order chi connectivity index (χ0) is 38.4. The first kappa shape index (κ1) is 33.8. The predicted molar refractivity (Wildman–Crippen MR) is 249 cm³/mol. The van der Waals surface area contributed by atoms with Crippen molar-refractivity contribution in [1.82, 2.24) is 0 Å². The fraction of sp³-hybridized carbons (Fsp3) is 0. The summed E-state index contributed by atoms with van der Waals surface area (Å²) in [7, 11) is 0. The molecule has 0 aliphatic rings. The van der Waals surface area contributed by atoms with Crippen molar-refractivity contribution >= 4 is 43.1 Å². The molecule has 0 amide bonds. The van der Waals surface area contributed by atoms with Gasteiger partial charge in [0.2, 0.25) is 0 Å². The molecule has 0 bridgehead atoms. The zero-order valence-corrected chi connectivity index (χ0v) is 31.9. The summed E-state index contributed by atoms with van der Waals surface area (Å²) in [5, 5.41) is 9.98. The molecule has 0 saturated carbocycles. The Bertz CT molecular complexity index is 3040. The van der Waals surface area contributed by atoms with Gasteiger partial charge in [0.1, 0.15) is 0 Å². The fourth-order valence-corrected chi connectivity index (χ4v) is 9.29. The molecule has 0 heterocycles. The molecule has 0 unspecified atom stereocenters. The van der Waals surface area contributed by atoms with Gasteiger partial charge in [0, 0.05) is 0 Å². The van der Waals surface area contributed by atoms with E-state index in [1.165, 1.54) is 110 Å². The van der Waals surface area contributed by atoms with Crippen LogP contribution in [0.15, 0.2) is 231 Å². The SMILES string of the molecule is c1ccc(-c2ccc3ccccc3c2-c2cccc(-c3c4ccccc4c(-c4cccc(-c5c(-c6ccccc6)ccc6ccccc56)c4)c4ccccc34)c2)cc1. The van der Waals surface area contributed by atoms with E-state index in [2.05, 4.69) is 231 Å². The standard InChI is InChI=1S/C58H38/c1-3-17-39(18-4-1)49-35-33-41-21-7-9-27-47(41)55(49)43-23-15-25-45(37-43)57-51-29-11-13-31-53(51)58(54-32-14-12-30-52(54)57)46-26-16-24-44(38-46)56-48-28-10-8-22-42(48)34-36-50(56)40-19-5-2-6-20-40/h1-38H. The van der Waals surface area contributed by atoms with E-state index < -0.39 is 0 Å². The highest BCUT2D eigenvalue weighted by Gasteiger charge is 2.20. The van der Waals surface area contributed by atoms with Crippen LogP contribution >= 0.6 is 0 Å². The van der Waals surface area contributed by atoms with E-state index in [9.17, 15) is 0 Å². The summed E-state index contributed by atoms with van der Waals surface area (Å²) in [5.41, 5.74) is 14.8. The van der Waals surface area contributed by atoms with Crippen LogP contribution < -0.4 is 0 Å². The van der Waals surface area contributed by atoms with Gasteiger partial charge in [-0.1, -0.05) is 218 Å². The van der Waals surface area contributed by atoms with Crippen LogP contribution in [0.4, 0.5) is 0 Å². The Balaban J connectivity index is 1.14. The first-order chi connectivity index (χ1) is 28.8. The van der Waals surface area contributed by atoms with E-state index in [0.717, 1.165) is 0 Å². The van der Waals surface area contributed by atoms with Gasteiger partial charge in [-0.05, 0) is 122 Å². The smallest absolute Gasteiger partial charge is 0.00262 e. The zero-order valence-electron chi connectivity index (χ0n) is 31.9. The maximum absolute atomic E-state index is 2.41. The van der Waals surface area contributed by atoms with E-state index in [1.807, 2.05) is 0 Å². The van der Waals surface area contributed by atoms with Gasteiger partial charge in [0.15, 0.2) is 0 Å². The van der Waals surface area contributed by atoms with Crippen LogP contribution in [0.3, 0.4) is 0 Å². The summed E-state index contributed by atoms with van der Waals surface area (Å²) in [6.07, 6.45) is 0. The molecule has 0 aliphatic heterocycles. The monoisotopic (exact) mass is 734 g/mol. The van der Waals surface area contributed by atoms with Gasteiger partial charge < -0.3 is 0 Å². The summed E-state index contributed by atoms with van der Waals surface area (Å²) in [5.74, 6) is 0. The highest BCUT2D eigenvalue weighted by molar-refractivity contribution is 6.22. The first-order valence-electron chi connectivity index (χ1n) is 20.1. The lowest BCUT2D eigenvalue weighted by Gasteiger charge is -2.20. The third-order valence-electron chi connectivity index (χ3n) is 11.8. The van der Waals surface area contributed by atoms with Gasteiger partial charge in [-0.3, -0.25) is 0 Å². The first-order valence-corrected chi connectivity index (χ1v) is 20.1. The van der Waals surface area contributed by atoms with Crippen molar-refractivity contribution in [2.75, 3.05) is 0 Å². The van der Waals surface area contributed by atoms with Crippen LogP contribution in [0.5, 0.6) is 0 Å².